The smallest absolute Gasteiger partial charge is 0.683 e. The largest absolute Gasteiger partial charge is 1.00 e. The van der Waals surface area contributed by atoms with E-state index in [0.29, 0.717) is 12.5 Å². The molecule has 0 saturated heterocycles. The Morgan fingerprint density at radius 3 is 1.97 bits per heavy atom. The number of fused-ring (bicyclic) bond motifs is 4. The Labute approximate surface area is 253 Å². The topological polar surface area (TPSA) is 27.7 Å². The Balaban J connectivity index is 0.00000308. The molecule has 6 rings (SSSR count). The minimum atomic E-state index is -0.0392. The van der Waals surface area contributed by atoms with Gasteiger partial charge in [0, 0.05) is 5.41 Å². The van der Waals surface area contributed by atoms with Crippen LogP contribution in [0.25, 0.3) is 35.4 Å². The van der Waals surface area contributed by atoms with E-state index < -0.39 is 0 Å². The number of hydrogen-bond donors (Lipinski definition) is 0. The van der Waals surface area contributed by atoms with Crippen molar-refractivity contribution in [3.8, 4) is 28.4 Å². The average molecular weight is 522 g/mol. The van der Waals surface area contributed by atoms with Crippen molar-refractivity contribution in [2.45, 2.75) is 32.1 Å². The minimum Gasteiger partial charge on any atom is -0.683 e. The van der Waals surface area contributed by atoms with E-state index in [0.717, 1.165) is 35.5 Å². The normalized spacial score (nSPS) is 16.8. The van der Waals surface area contributed by atoms with Crippen LogP contribution in [-0.2, 0) is 5.41 Å². The third-order valence-electron chi connectivity index (χ3n) is 7.60. The second kappa shape index (κ2) is 11.5. The molecule has 0 aromatic heterocycles. The van der Waals surface area contributed by atoms with Gasteiger partial charge in [0.1, 0.15) is 0 Å². The Kier molecular flexibility index (Phi) is 8.04. The summed E-state index contributed by atoms with van der Waals surface area (Å²) < 4.78 is 16.0. The molecule has 2 aliphatic rings. The van der Waals surface area contributed by atoms with E-state index in [-0.39, 0.29) is 35.0 Å². The predicted molar refractivity (Wildman–Crippen MR) is 155 cm³/mol. The van der Waals surface area contributed by atoms with Gasteiger partial charge in [-0.3, -0.25) is 0 Å². The zero-order chi connectivity index (χ0) is 26.1. The molecule has 0 amide bonds. The van der Waals surface area contributed by atoms with Gasteiger partial charge in [-0.2, -0.15) is 19.2 Å². The van der Waals surface area contributed by atoms with Crippen molar-refractivity contribution in [3.05, 3.63) is 119 Å². The van der Waals surface area contributed by atoms with Gasteiger partial charge in [0.05, 0.1) is 0 Å². The first-order chi connectivity index (χ1) is 18.6. The van der Waals surface area contributed by atoms with Crippen LogP contribution in [0, 0.1) is 13.2 Å². The molecule has 0 saturated carbocycles. The predicted octanol–water partition coefficient (Wildman–Crippen LogP) is 5.82. The van der Waals surface area contributed by atoms with E-state index >= 15 is 0 Å². The molecule has 1 aliphatic carbocycles. The van der Waals surface area contributed by atoms with Crippen LogP contribution in [0.5, 0.6) is 17.2 Å². The van der Waals surface area contributed by atoms with Gasteiger partial charge in [0.25, 0.3) is 0 Å². The Bertz CT molecular complexity index is 1570. The standard InChI is InChI=1S/C35H30O3.Na/c1-4-18-35(2)31-20-25(9-8-24-6-5-7-28(19-24)36-3)12-15-29(31)30-16-13-26(21-32(30)35)10-11-27-14-17-33-34(22-27)38-23-37-33;/h5-6,8-17,19-22H,3-4,18,23H2,1-2H3;/q-2;+1/b9-8+,11-10+;. The maximum atomic E-state index is 5.53. The van der Waals surface area contributed by atoms with E-state index in [1.54, 1.807) is 0 Å². The summed E-state index contributed by atoms with van der Waals surface area (Å²) in [6, 6.07) is 28.6. The average Bonchev–Trinajstić information content (AvgIpc) is 3.51. The molecule has 1 atom stereocenters. The molecule has 0 bridgehead atoms. The van der Waals surface area contributed by atoms with Crippen molar-refractivity contribution in [1.82, 2.24) is 0 Å². The number of ether oxygens (including phenoxy) is 3. The summed E-state index contributed by atoms with van der Waals surface area (Å²) in [5.41, 5.74) is 9.97. The Morgan fingerprint density at radius 2 is 1.36 bits per heavy atom. The van der Waals surface area contributed by atoms with Gasteiger partial charge in [0.15, 0.2) is 11.5 Å². The minimum absolute atomic E-state index is 0. The molecule has 0 N–H and O–H groups in total. The SMILES string of the molecule is [CH2-]Oc1[c-]ccc(/C=C/c2ccc3c(c2)C(C)(CCC)c2cc(/C=C/c4ccc5c(c4)OCO5)ccc2-3)c1.[Na+]. The van der Waals surface area contributed by atoms with Gasteiger partial charge in [0.2, 0.25) is 6.79 Å². The first-order valence-corrected chi connectivity index (χ1v) is 13.1. The molecule has 190 valence electrons. The van der Waals surface area contributed by atoms with Crippen LogP contribution in [0.1, 0.15) is 60.1 Å². The van der Waals surface area contributed by atoms with Crippen molar-refractivity contribution in [2.75, 3.05) is 6.79 Å². The second-order valence-corrected chi connectivity index (χ2v) is 10.1. The zero-order valence-corrected chi connectivity index (χ0v) is 24.8. The zero-order valence-electron chi connectivity index (χ0n) is 22.8. The van der Waals surface area contributed by atoms with Gasteiger partial charge in [-0.15, -0.1) is 17.7 Å². The van der Waals surface area contributed by atoms with Crippen LogP contribution >= 0.6 is 0 Å². The molecule has 0 fully saturated rings. The van der Waals surface area contributed by atoms with Crippen molar-refractivity contribution in [3.63, 3.8) is 0 Å². The summed E-state index contributed by atoms with van der Waals surface area (Å²) >= 11 is 0. The van der Waals surface area contributed by atoms with Gasteiger partial charge < -0.3 is 14.2 Å². The van der Waals surface area contributed by atoms with E-state index in [1.807, 2.05) is 30.3 Å². The molecule has 4 aromatic rings. The first-order valence-electron chi connectivity index (χ1n) is 13.1. The van der Waals surface area contributed by atoms with Crippen LogP contribution in [0.4, 0.5) is 0 Å². The number of benzene rings is 4. The molecule has 4 heteroatoms. The molecular formula is C35H30NaO3-. The Morgan fingerprint density at radius 1 is 0.795 bits per heavy atom. The van der Waals surface area contributed by atoms with Crippen LogP contribution in [-0.4, -0.2) is 6.79 Å². The van der Waals surface area contributed by atoms with Crippen LogP contribution in [0.2, 0.25) is 0 Å². The second-order valence-electron chi connectivity index (χ2n) is 10.1. The molecule has 4 aromatic carbocycles. The number of hydrogen-bond acceptors (Lipinski definition) is 3. The fraction of sp³-hybridized carbons (Fsp3) is 0.171. The molecule has 39 heavy (non-hydrogen) atoms. The third-order valence-corrected chi connectivity index (χ3v) is 7.60. The summed E-state index contributed by atoms with van der Waals surface area (Å²) in [5.74, 6) is 2.25. The van der Waals surface area contributed by atoms with Crippen molar-refractivity contribution < 1.29 is 43.8 Å². The van der Waals surface area contributed by atoms with Crippen molar-refractivity contribution >= 4 is 24.3 Å². The third kappa shape index (κ3) is 5.32. The molecule has 1 unspecified atom stereocenters. The summed E-state index contributed by atoms with van der Waals surface area (Å²) in [4.78, 5) is 0. The molecule has 1 aliphatic heterocycles. The maximum absolute atomic E-state index is 5.53. The molecule has 1 heterocycles. The van der Waals surface area contributed by atoms with Crippen molar-refractivity contribution in [2.24, 2.45) is 0 Å². The van der Waals surface area contributed by atoms with Gasteiger partial charge in [-0.1, -0.05) is 87.0 Å². The fourth-order valence-electron chi connectivity index (χ4n) is 5.68. The van der Waals surface area contributed by atoms with E-state index in [4.69, 9.17) is 14.2 Å². The van der Waals surface area contributed by atoms with Gasteiger partial charge >= 0.3 is 29.6 Å². The van der Waals surface area contributed by atoms with Crippen molar-refractivity contribution in [1.29, 1.82) is 0 Å². The van der Waals surface area contributed by atoms with E-state index in [9.17, 15) is 0 Å². The van der Waals surface area contributed by atoms with E-state index in [1.165, 1.54) is 33.4 Å². The van der Waals surface area contributed by atoms with Gasteiger partial charge in [-0.25, -0.2) is 0 Å². The van der Waals surface area contributed by atoms with Crippen LogP contribution in [0.15, 0.2) is 72.8 Å². The summed E-state index contributed by atoms with van der Waals surface area (Å²) in [6.45, 7) is 4.95. The summed E-state index contributed by atoms with van der Waals surface area (Å²) in [7, 11) is 3.48. The molecule has 3 nitrogen and oxygen atoms in total. The van der Waals surface area contributed by atoms with Crippen LogP contribution in [0.3, 0.4) is 0 Å². The fourth-order valence-corrected chi connectivity index (χ4v) is 5.68. The maximum Gasteiger partial charge on any atom is 1.00 e. The van der Waals surface area contributed by atoms with Crippen LogP contribution < -0.4 is 43.8 Å². The van der Waals surface area contributed by atoms with Gasteiger partial charge in [-0.05, 0) is 63.2 Å². The molecule has 0 spiro atoms. The quantitative estimate of drug-likeness (QED) is 0.174. The number of rotatable bonds is 7. The van der Waals surface area contributed by atoms with E-state index in [2.05, 4.69) is 93.8 Å². The summed E-state index contributed by atoms with van der Waals surface area (Å²) in [5, 5.41) is 0. The monoisotopic (exact) mass is 521 g/mol. The molecule has 0 radical (unpaired) electrons. The Hall–Kier alpha value is -3.24. The summed E-state index contributed by atoms with van der Waals surface area (Å²) in [6.07, 6.45) is 10.8. The first kappa shape index (κ1) is 27.3. The molecular weight excluding hydrogens is 491 g/mol.